The number of nitrogens with two attached hydrogens (primary N) is 3. The number of amides is 3. The van der Waals surface area contributed by atoms with Gasteiger partial charge in [-0.1, -0.05) is 43.0 Å². The number of aromatic nitrogens is 1. The largest absolute Gasteiger partial charge is 0.384 e. The summed E-state index contributed by atoms with van der Waals surface area (Å²) in [6, 6.07) is 7.17. The molecule has 12 heteroatoms. The summed E-state index contributed by atoms with van der Waals surface area (Å²) in [5.41, 5.74) is 18.4. The highest BCUT2D eigenvalue weighted by Gasteiger charge is 2.30. The lowest BCUT2D eigenvalue weighted by Crippen LogP contribution is -2.50. The molecule has 0 radical (unpaired) electrons. The minimum Gasteiger partial charge on any atom is -0.384 e. The van der Waals surface area contributed by atoms with Gasteiger partial charge in [-0.15, -0.1) is 11.3 Å². The molecule has 1 aliphatic carbocycles. The fourth-order valence-corrected chi connectivity index (χ4v) is 5.87. The van der Waals surface area contributed by atoms with Gasteiger partial charge >= 0.3 is 0 Å². The second-order valence-corrected chi connectivity index (χ2v) is 12.8. The van der Waals surface area contributed by atoms with Crippen LogP contribution in [0.1, 0.15) is 71.9 Å². The van der Waals surface area contributed by atoms with E-state index in [1.807, 2.05) is 26.2 Å². The normalized spacial score (nSPS) is 15.7. The zero-order chi connectivity index (χ0) is 31.4. The van der Waals surface area contributed by atoms with Gasteiger partial charge in [-0.05, 0) is 50.5 Å². The standard InChI is InChI=1S/C11H18N4OS.C10H11ClN2O.C9H17NO/c1-11(2,6-12)15-4-3-7-8(5-15)17-10(14-7)9(13)16;1-13-9(10(12)14)6-7-3-2-4-8(11)5-7;1-10(2)9(11)8-6-4-3-5-7-8/h3-6,12H2,1-2H3,(H2,13,16);2-6,13H,1H3,(H2,12,14);8H,3-7H2,1-2H3/b;9-6-;. The highest BCUT2D eigenvalue weighted by atomic mass is 35.5. The number of nitrogens with zero attached hydrogens (tertiary/aromatic N) is 3. The highest BCUT2D eigenvalue weighted by molar-refractivity contribution is 7.13. The fraction of sp³-hybridized carbons (Fsp3) is 0.533. The number of primary amides is 2. The maximum absolute atomic E-state index is 11.4. The summed E-state index contributed by atoms with van der Waals surface area (Å²) in [4.78, 5) is 42.9. The molecule has 1 aromatic carbocycles. The van der Waals surface area contributed by atoms with Crippen molar-refractivity contribution in [2.24, 2.45) is 23.1 Å². The summed E-state index contributed by atoms with van der Waals surface area (Å²) in [6.07, 6.45) is 8.52. The molecule has 0 bridgehead atoms. The molecule has 0 saturated heterocycles. The van der Waals surface area contributed by atoms with Crippen LogP contribution in [0, 0.1) is 5.92 Å². The topological polar surface area (TPSA) is 161 Å². The number of likely N-dealkylation sites (N-methyl/N-ethyl adjacent to an activating group) is 1. The van der Waals surface area contributed by atoms with Crippen LogP contribution in [0.4, 0.5) is 0 Å². The number of carbonyl (C=O) groups is 3. The van der Waals surface area contributed by atoms with Crippen LogP contribution in [0.15, 0.2) is 30.0 Å². The van der Waals surface area contributed by atoms with Crippen LogP contribution in [0.2, 0.25) is 5.02 Å². The zero-order valence-electron chi connectivity index (χ0n) is 25.4. The molecule has 7 N–H and O–H groups in total. The first-order valence-corrected chi connectivity index (χ1v) is 15.4. The van der Waals surface area contributed by atoms with Crippen molar-refractivity contribution in [3.63, 3.8) is 0 Å². The molecule has 2 heterocycles. The van der Waals surface area contributed by atoms with Gasteiger partial charge in [-0.25, -0.2) is 4.98 Å². The Labute approximate surface area is 258 Å². The summed E-state index contributed by atoms with van der Waals surface area (Å²) in [5, 5.41) is 3.76. The van der Waals surface area contributed by atoms with Gasteiger partial charge in [0.25, 0.3) is 11.8 Å². The molecule has 0 spiro atoms. The van der Waals surface area contributed by atoms with Crippen molar-refractivity contribution in [2.45, 2.75) is 64.5 Å². The molecule has 1 saturated carbocycles. The Bertz CT molecular complexity index is 1240. The number of fused-ring (bicyclic) bond motifs is 1. The molecule has 10 nitrogen and oxygen atoms in total. The molecule has 1 fully saturated rings. The van der Waals surface area contributed by atoms with E-state index >= 15 is 0 Å². The third kappa shape index (κ3) is 10.7. The van der Waals surface area contributed by atoms with Crippen LogP contribution in [0.5, 0.6) is 0 Å². The zero-order valence-corrected chi connectivity index (χ0v) is 27.0. The summed E-state index contributed by atoms with van der Waals surface area (Å²) in [7, 11) is 5.33. The van der Waals surface area contributed by atoms with E-state index in [1.54, 1.807) is 30.2 Å². The number of carbonyl (C=O) groups excluding carboxylic acids is 3. The molecule has 1 aromatic heterocycles. The van der Waals surface area contributed by atoms with Gasteiger partial charge in [-0.2, -0.15) is 0 Å². The molecule has 232 valence electrons. The van der Waals surface area contributed by atoms with Crippen molar-refractivity contribution in [1.29, 1.82) is 0 Å². The van der Waals surface area contributed by atoms with Gasteiger partial charge in [0.2, 0.25) is 5.91 Å². The molecule has 2 aliphatic rings. The molecule has 1 aliphatic heterocycles. The van der Waals surface area contributed by atoms with E-state index in [-0.39, 0.29) is 5.54 Å². The average Bonchev–Trinajstić information content (AvgIpc) is 3.41. The van der Waals surface area contributed by atoms with Crippen molar-refractivity contribution in [3.05, 3.63) is 56.1 Å². The number of thiazole rings is 1. The van der Waals surface area contributed by atoms with E-state index in [0.717, 1.165) is 48.5 Å². The summed E-state index contributed by atoms with van der Waals surface area (Å²) in [5.74, 6) is -0.273. The van der Waals surface area contributed by atoms with Crippen LogP contribution < -0.4 is 22.5 Å². The van der Waals surface area contributed by atoms with Crippen molar-refractivity contribution >= 4 is 46.7 Å². The van der Waals surface area contributed by atoms with E-state index < -0.39 is 11.8 Å². The second kappa shape index (κ2) is 16.6. The SMILES string of the molecule is CC(C)(CN)N1CCc2nc(C(N)=O)sc2C1.CN(C)C(=O)C1CCCCC1.CN/C(=C\c1cccc(Cl)c1)C(N)=O. The maximum Gasteiger partial charge on any atom is 0.277 e. The lowest BCUT2D eigenvalue weighted by Gasteiger charge is -2.39. The van der Waals surface area contributed by atoms with Crippen LogP contribution in [-0.2, 0) is 22.6 Å². The van der Waals surface area contributed by atoms with Gasteiger partial charge in [0.15, 0.2) is 5.01 Å². The number of hydrogen-bond donors (Lipinski definition) is 4. The Morgan fingerprint density at radius 1 is 1.19 bits per heavy atom. The van der Waals surface area contributed by atoms with Crippen molar-refractivity contribution < 1.29 is 14.4 Å². The highest BCUT2D eigenvalue weighted by Crippen LogP contribution is 2.29. The van der Waals surface area contributed by atoms with E-state index in [9.17, 15) is 14.4 Å². The van der Waals surface area contributed by atoms with Gasteiger partial charge in [-0.3, -0.25) is 19.3 Å². The average molecular weight is 620 g/mol. The quantitative estimate of drug-likeness (QED) is 0.346. The lowest BCUT2D eigenvalue weighted by atomic mass is 9.88. The molecule has 3 amide bonds. The molecule has 2 aromatic rings. The minimum atomic E-state index is -0.493. The fourth-order valence-electron chi connectivity index (χ4n) is 4.69. The molecular weight excluding hydrogens is 574 g/mol. The van der Waals surface area contributed by atoms with Gasteiger partial charge in [0.1, 0.15) is 0 Å². The first kappa shape index (κ1) is 35.2. The molecule has 4 rings (SSSR count). The van der Waals surface area contributed by atoms with Crippen LogP contribution in [0.25, 0.3) is 6.08 Å². The molecule has 42 heavy (non-hydrogen) atoms. The number of benzene rings is 1. The molecule has 0 atom stereocenters. The third-order valence-corrected chi connectivity index (χ3v) is 8.72. The Balaban J connectivity index is 0.000000226. The maximum atomic E-state index is 11.4. The summed E-state index contributed by atoms with van der Waals surface area (Å²) < 4.78 is 0. The molecular formula is C30H46ClN7O3S. The van der Waals surface area contributed by atoms with Crippen LogP contribution in [-0.4, -0.2) is 72.3 Å². The van der Waals surface area contributed by atoms with E-state index in [0.29, 0.717) is 34.1 Å². The Morgan fingerprint density at radius 2 is 1.86 bits per heavy atom. The van der Waals surface area contributed by atoms with E-state index in [1.165, 1.54) is 30.6 Å². The van der Waals surface area contributed by atoms with Gasteiger partial charge in [0.05, 0.1) is 11.4 Å². The Hall–Kier alpha value is -2.99. The molecule has 0 unspecified atom stereocenters. The predicted octanol–water partition coefficient (Wildman–Crippen LogP) is 3.38. The Morgan fingerprint density at radius 3 is 2.38 bits per heavy atom. The number of halogens is 1. The van der Waals surface area contributed by atoms with Crippen molar-refractivity contribution in [3.8, 4) is 0 Å². The van der Waals surface area contributed by atoms with Crippen LogP contribution >= 0.6 is 22.9 Å². The number of hydrogen-bond acceptors (Lipinski definition) is 8. The van der Waals surface area contributed by atoms with Crippen molar-refractivity contribution in [1.82, 2.24) is 20.1 Å². The lowest BCUT2D eigenvalue weighted by molar-refractivity contribution is -0.133. The first-order valence-electron chi connectivity index (χ1n) is 14.2. The minimum absolute atomic E-state index is 0.0193. The monoisotopic (exact) mass is 619 g/mol. The smallest absolute Gasteiger partial charge is 0.277 e. The van der Waals surface area contributed by atoms with E-state index in [2.05, 4.69) is 29.0 Å². The van der Waals surface area contributed by atoms with E-state index in [4.69, 9.17) is 28.8 Å². The second-order valence-electron chi connectivity index (χ2n) is 11.2. The van der Waals surface area contributed by atoms with Crippen LogP contribution in [0.3, 0.4) is 0 Å². The number of nitrogens with one attached hydrogen (secondary N) is 1. The van der Waals surface area contributed by atoms with Crippen molar-refractivity contribution in [2.75, 3.05) is 34.2 Å². The van der Waals surface area contributed by atoms with Gasteiger partial charge < -0.3 is 27.4 Å². The Kier molecular flexibility index (Phi) is 13.9. The predicted molar refractivity (Wildman–Crippen MR) is 171 cm³/mol. The summed E-state index contributed by atoms with van der Waals surface area (Å²) in [6.45, 7) is 6.62. The third-order valence-electron chi connectivity index (χ3n) is 7.39. The number of rotatable bonds is 7. The first-order chi connectivity index (χ1) is 19.8. The van der Waals surface area contributed by atoms with Gasteiger partial charge in [0, 0.05) is 68.6 Å². The summed E-state index contributed by atoms with van der Waals surface area (Å²) >= 11 is 7.19.